The second-order valence-corrected chi connectivity index (χ2v) is 7.62. The smallest absolute Gasteiger partial charge is 0.341 e. The third-order valence-corrected chi connectivity index (χ3v) is 5.26. The molecular formula is C18H19BrN2O4S. The van der Waals surface area contributed by atoms with Gasteiger partial charge in [0.25, 0.3) is 5.91 Å². The van der Waals surface area contributed by atoms with Gasteiger partial charge in [0.05, 0.1) is 0 Å². The van der Waals surface area contributed by atoms with Gasteiger partial charge in [-0.15, -0.1) is 0 Å². The Morgan fingerprint density at radius 3 is 2.81 bits per heavy atom. The van der Waals surface area contributed by atoms with Crippen molar-refractivity contribution in [3.8, 4) is 5.75 Å². The number of halogens is 1. The van der Waals surface area contributed by atoms with Crippen LogP contribution in [0.15, 0.2) is 28.4 Å². The second kappa shape index (κ2) is 8.18. The Bertz CT molecular complexity index is 774. The van der Waals surface area contributed by atoms with Gasteiger partial charge in [0.15, 0.2) is 11.7 Å². The first-order valence-electron chi connectivity index (χ1n) is 8.46. The standard InChI is InChI=1S/C18H19BrN2O4S/c19-12-6-7-15(25-10-16(22)23)11(8-12)9-14-17(24)21(18(26)20-14)13-4-2-1-3-5-13/h6-9,13H,1-5,10H2,(H,20,26)(H,22,23)/b14-9-. The summed E-state index contributed by atoms with van der Waals surface area (Å²) in [6.07, 6.45) is 6.99. The minimum absolute atomic E-state index is 0.146. The van der Waals surface area contributed by atoms with E-state index in [0.29, 0.717) is 22.1 Å². The Morgan fingerprint density at radius 2 is 2.12 bits per heavy atom. The molecule has 1 saturated carbocycles. The summed E-state index contributed by atoms with van der Waals surface area (Å²) in [7, 11) is 0. The molecule has 0 atom stereocenters. The second-order valence-electron chi connectivity index (χ2n) is 6.32. The Hall–Kier alpha value is -1.93. The van der Waals surface area contributed by atoms with Gasteiger partial charge in [-0.3, -0.25) is 9.69 Å². The van der Waals surface area contributed by atoms with Crippen LogP contribution in [0, 0.1) is 0 Å². The molecule has 0 unspecified atom stereocenters. The molecule has 1 saturated heterocycles. The Kier molecular flexibility index (Phi) is 5.93. The summed E-state index contributed by atoms with van der Waals surface area (Å²) in [5.74, 6) is -0.822. The van der Waals surface area contributed by atoms with Crippen LogP contribution in [0.1, 0.15) is 37.7 Å². The van der Waals surface area contributed by atoms with Crippen molar-refractivity contribution in [2.45, 2.75) is 38.1 Å². The maximum atomic E-state index is 12.8. The average Bonchev–Trinajstić information content (AvgIpc) is 2.88. The van der Waals surface area contributed by atoms with E-state index in [1.54, 1.807) is 29.2 Å². The zero-order valence-corrected chi connectivity index (χ0v) is 16.4. The molecule has 1 heterocycles. The Morgan fingerprint density at radius 1 is 1.38 bits per heavy atom. The van der Waals surface area contributed by atoms with E-state index < -0.39 is 12.6 Å². The number of amides is 1. The molecule has 1 aromatic rings. The van der Waals surface area contributed by atoms with Crippen molar-refractivity contribution >= 4 is 51.2 Å². The molecule has 2 aliphatic rings. The minimum Gasteiger partial charge on any atom is -0.481 e. The fourth-order valence-electron chi connectivity index (χ4n) is 3.28. The number of ether oxygens (including phenoxy) is 1. The summed E-state index contributed by atoms with van der Waals surface area (Å²) in [4.78, 5) is 25.3. The lowest BCUT2D eigenvalue weighted by Crippen LogP contribution is -2.41. The maximum absolute atomic E-state index is 12.8. The molecule has 1 amide bonds. The van der Waals surface area contributed by atoms with Crippen LogP contribution in [0.4, 0.5) is 0 Å². The molecule has 1 aliphatic heterocycles. The van der Waals surface area contributed by atoms with Crippen molar-refractivity contribution in [2.75, 3.05) is 6.61 Å². The number of rotatable bonds is 5. The number of nitrogens with zero attached hydrogens (tertiary/aromatic N) is 1. The van der Waals surface area contributed by atoms with Gasteiger partial charge in [-0.2, -0.15) is 0 Å². The molecule has 138 valence electrons. The van der Waals surface area contributed by atoms with E-state index in [0.717, 1.165) is 30.2 Å². The molecule has 2 fully saturated rings. The highest BCUT2D eigenvalue weighted by Gasteiger charge is 2.36. The van der Waals surface area contributed by atoms with Crippen molar-refractivity contribution in [1.82, 2.24) is 10.2 Å². The lowest BCUT2D eigenvalue weighted by molar-refractivity contribution is -0.139. The van der Waals surface area contributed by atoms with Crippen LogP contribution in [-0.4, -0.2) is 39.6 Å². The SMILES string of the molecule is O=C(O)COc1ccc(Br)cc1/C=C1\NC(=S)N(C2CCCCC2)C1=O. The Balaban J connectivity index is 1.85. The fraction of sp³-hybridized carbons (Fsp3) is 0.389. The summed E-state index contributed by atoms with van der Waals surface area (Å²) in [5.41, 5.74) is 0.976. The summed E-state index contributed by atoms with van der Waals surface area (Å²) < 4.78 is 6.11. The number of carboxylic acids is 1. The Labute approximate surface area is 165 Å². The molecule has 3 rings (SSSR count). The van der Waals surface area contributed by atoms with Gasteiger partial charge in [0.2, 0.25) is 0 Å². The van der Waals surface area contributed by atoms with E-state index in [4.69, 9.17) is 22.1 Å². The molecule has 26 heavy (non-hydrogen) atoms. The number of aliphatic carboxylic acids is 1. The van der Waals surface area contributed by atoms with E-state index in [1.807, 2.05) is 0 Å². The first-order chi connectivity index (χ1) is 12.5. The van der Waals surface area contributed by atoms with Gasteiger partial charge in [0.1, 0.15) is 11.4 Å². The van der Waals surface area contributed by atoms with Crippen LogP contribution in [-0.2, 0) is 9.59 Å². The van der Waals surface area contributed by atoms with Crippen LogP contribution in [0.5, 0.6) is 5.75 Å². The first kappa shape index (κ1) is 18.8. The van der Waals surface area contributed by atoms with E-state index in [9.17, 15) is 9.59 Å². The van der Waals surface area contributed by atoms with E-state index in [2.05, 4.69) is 21.2 Å². The monoisotopic (exact) mass is 438 g/mol. The van der Waals surface area contributed by atoms with Crippen molar-refractivity contribution in [1.29, 1.82) is 0 Å². The van der Waals surface area contributed by atoms with Crippen LogP contribution in [0.3, 0.4) is 0 Å². The lowest BCUT2D eigenvalue weighted by atomic mass is 9.94. The number of thiocarbonyl (C=S) groups is 1. The van der Waals surface area contributed by atoms with Gasteiger partial charge in [0, 0.05) is 16.1 Å². The third-order valence-electron chi connectivity index (χ3n) is 4.47. The number of benzene rings is 1. The number of carbonyl (C=O) groups excluding carboxylic acids is 1. The summed E-state index contributed by atoms with van der Waals surface area (Å²) in [6.45, 7) is -0.453. The molecule has 0 bridgehead atoms. The quantitative estimate of drug-likeness (QED) is 0.542. The molecule has 0 aromatic heterocycles. The van der Waals surface area contributed by atoms with Crippen molar-refractivity contribution in [3.05, 3.63) is 33.9 Å². The van der Waals surface area contributed by atoms with Crippen LogP contribution >= 0.6 is 28.1 Å². The summed E-state index contributed by atoms with van der Waals surface area (Å²) >= 11 is 8.76. The molecule has 1 aliphatic carbocycles. The van der Waals surface area contributed by atoms with Crippen LogP contribution in [0.25, 0.3) is 6.08 Å². The molecule has 2 N–H and O–H groups in total. The van der Waals surface area contributed by atoms with Crippen LogP contribution < -0.4 is 10.1 Å². The number of hydrogen-bond donors (Lipinski definition) is 2. The van der Waals surface area contributed by atoms with Gasteiger partial charge in [-0.25, -0.2) is 4.79 Å². The number of nitrogens with one attached hydrogen (secondary N) is 1. The number of carboxylic acid groups (broad SMARTS) is 1. The van der Waals surface area contributed by atoms with Gasteiger partial charge < -0.3 is 15.2 Å². The first-order valence-corrected chi connectivity index (χ1v) is 9.66. The van der Waals surface area contributed by atoms with Crippen molar-refractivity contribution in [3.63, 3.8) is 0 Å². The van der Waals surface area contributed by atoms with Gasteiger partial charge in [-0.05, 0) is 49.3 Å². The predicted molar refractivity (Wildman–Crippen MR) is 105 cm³/mol. The van der Waals surface area contributed by atoms with Crippen molar-refractivity contribution in [2.24, 2.45) is 0 Å². The maximum Gasteiger partial charge on any atom is 0.341 e. The summed E-state index contributed by atoms with van der Waals surface area (Å²) in [5, 5.41) is 12.2. The highest BCUT2D eigenvalue weighted by Crippen LogP contribution is 2.29. The molecule has 6 nitrogen and oxygen atoms in total. The average molecular weight is 439 g/mol. The topological polar surface area (TPSA) is 78.9 Å². The molecular weight excluding hydrogens is 420 g/mol. The molecule has 0 spiro atoms. The molecule has 1 aromatic carbocycles. The fourth-order valence-corrected chi connectivity index (χ4v) is 4.00. The number of carbonyl (C=O) groups is 2. The molecule has 0 radical (unpaired) electrons. The zero-order valence-electron chi connectivity index (χ0n) is 14.0. The highest BCUT2D eigenvalue weighted by molar-refractivity contribution is 9.10. The summed E-state index contributed by atoms with van der Waals surface area (Å²) in [6, 6.07) is 5.33. The van der Waals surface area contributed by atoms with E-state index in [1.165, 1.54) is 6.42 Å². The minimum atomic E-state index is -1.06. The number of hydrogen-bond acceptors (Lipinski definition) is 4. The van der Waals surface area contributed by atoms with E-state index in [-0.39, 0.29) is 11.9 Å². The van der Waals surface area contributed by atoms with Crippen LogP contribution in [0.2, 0.25) is 0 Å². The lowest BCUT2D eigenvalue weighted by Gasteiger charge is -2.29. The van der Waals surface area contributed by atoms with E-state index >= 15 is 0 Å². The third kappa shape index (κ3) is 4.24. The largest absolute Gasteiger partial charge is 0.481 e. The highest BCUT2D eigenvalue weighted by atomic mass is 79.9. The zero-order chi connectivity index (χ0) is 18.7. The normalized spacial score (nSPS) is 19.7. The molecule has 8 heteroatoms. The predicted octanol–water partition coefficient (Wildman–Crippen LogP) is 3.30. The van der Waals surface area contributed by atoms with Gasteiger partial charge >= 0.3 is 5.97 Å². The van der Waals surface area contributed by atoms with Gasteiger partial charge in [-0.1, -0.05) is 35.2 Å². The van der Waals surface area contributed by atoms with Crippen molar-refractivity contribution < 1.29 is 19.4 Å².